The Balaban J connectivity index is 1.79. The Morgan fingerprint density at radius 3 is 2.96 bits per heavy atom. The number of carbonyl (C=O) groups is 1. The Bertz CT molecular complexity index is 851. The molecule has 0 radical (unpaired) electrons. The number of piperidine rings is 1. The molecule has 27 heavy (non-hydrogen) atoms. The minimum atomic E-state index is -0.831. The van der Waals surface area contributed by atoms with Crippen molar-refractivity contribution in [2.24, 2.45) is 11.5 Å². The van der Waals surface area contributed by atoms with Crippen molar-refractivity contribution < 1.29 is 18.7 Å². The number of primary amides is 1. The zero-order valence-corrected chi connectivity index (χ0v) is 15.7. The van der Waals surface area contributed by atoms with E-state index in [1.54, 1.807) is 6.07 Å². The van der Waals surface area contributed by atoms with Crippen LogP contribution in [0, 0.1) is 5.82 Å². The molecule has 1 aliphatic heterocycles. The minimum absolute atomic E-state index is 0.238. The SMILES string of the molecule is COc1cc(F)c2ncc(Cl)c(CCN3CC[C@H](N)[C@H](OC(N)=O)C3)c2c1. The summed E-state index contributed by atoms with van der Waals surface area (Å²) in [5.74, 6) is -0.0506. The average Bonchev–Trinajstić information content (AvgIpc) is 2.62. The summed E-state index contributed by atoms with van der Waals surface area (Å²) in [7, 11) is 1.48. The molecule has 2 heterocycles. The van der Waals surface area contributed by atoms with Crippen molar-refractivity contribution in [2.75, 3.05) is 26.7 Å². The maximum atomic E-state index is 14.3. The molecule has 0 bridgehead atoms. The van der Waals surface area contributed by atoms with E-state index in [2.05, 4.69) is 9.88 Å². The van der Waals surface area contributed by atoms with Crippen LogP contribution in [0.2, 0.25) is 5.02 Å². The topological polar surface area (TPSA) is 104 Å². The molecule has 2 aromatic rings. The van der Waals surface area contributed by atoms with Gasteiger partial charge < -0.3 is 20.9 Å². The molecule has 7 nitrogen and oxygen atoms in total. The molecule has 0 unspecified atom stereocenters. The first-order valence-corrected chi connectivity index (χ1v) is 9.01. The quantitative estimate of drug-likeness (QED) is 0.801. The van der Waals surface area contributed by atoms with Gasteiger partial charge in [-0.25, -0.2) is 9.18 Å². The van der Waals surface area contributed by atoms with Crippen LogP contribution in [0.5, 0.6) is 5.75 Å². The third-order valence-electron chi connectivity index (χ3n) is 4.83. The van der Waals surface area contributed by atoms with Crippen molar-refractivity contribution in [2.45, 2.75) is 25.0 Å². The number of carbonyl (C=O) groups excluding carboxylic acids is 1. The van der Waals surface area contributed by atoms with E-state index in [1.165, 1.54) is 19.4 Å². The zero-order chi connectivity index (χ0) is 19.6. The number of amides is 1. The van der Waals surface area contributed by atoms with Crippen molar-refractivity contribution >= 4 is 28.6 Å². The second kappa shape index (κ2) is 8.24. The number of pyridine rings is 1. The fraction of sp³-hybridized carbons (Fsp3) is 0.444. The molecular formula is C18H22ClFN4O3. The van der Waals surface area contributed by atoms with Crippen molar-refractivity contribution in [3.8, 4) is 5.75 Å². The first-order chi connectivity index (χ1) is 12.9. The van der Waals surface area contributed by atoms with E-state index in [9.17, 15) is 9.18 Å². The standard InChI is InChI=1S/C18H22ClFN4O3/c1-26-10-6-12-11(13(19)8-23-17(12)14(20)7-10)2-4-24-5-3-15(21)16(9-24)27-18(22)25/h6-8,15-16H,2-5,9,21H2,1H3,(H2,22,25)/t15-,16+/m0/s1. The van der Waals surface area contributed by atoms with Gasteiger partial charge in [-0.1, -0.05) is 11.6 Å². The van der Waals surface area contributed by atoms with Gasteiger partial charge >= 0.3 is 6.09 Å². The number of ether oxygens (including phenoxy) is 2. The van der Waals surface area contributed by atoms with E-state index in [0.29, 0.717) is 42.1 Å². The molecular weight excluding hydrogens is 375 g/mol. The first-order valence-electron chi connectivity index (χ1n) is 8.63. The lowest BCUT2D eigenvalue weighted by Crippen LogP contribution is -2.53. The highest BCUT2D eigenvalue weighted by Gasteiger charge is 2.29. The van der Waals surface area contributed by atoms with Crippen LogP contribution in [0.15, 0.2) is 18.3 Å². The second-order valence-corrected chi connectivity index (χ2v) is 6.98. The lowest BCUT2D eigenvalue weighted by Gasteiger charge is -2.36. The largest absolute Gasteiger partial charge is 0.497 e. The summed E-state index contributed by atoms with van der Waals surface area (Å²) in [6.07, 6.45) is 1.44. The number of rotatable bonds is 5. The fourth-order valence-corrected chi connectivity index (χ4v) is 3.63. The smallest absolute Gasteiger partial charge is 0.404 e. The van der Waals surface area contributed by atoms with Crippen LogP contribution in [0.3, 0.4) is 0 Å². The molecule has 1 aromatic carbocycles. The number of likely N-dealkylation sites (tertiary alicyclic amines) is 1. The second-order valence-electron chi connectivity index (χ2n) is 6.57. The van der Waals surface area contributed by atoms with Gasteiger partial charge in [0.05, 0.1) is 12.1 Å². The fourth-order valence-electron chi connectivity index (χ4n) is 3.38. The predicted molar refractivity (Wildman–Crippen MR) is 100 cm³/mol. The summed E-state index contributed by atoms with van der Waals surface area (Å²) in [6.45, 7) is 1.89. The van der Waals surface area contributed by atoms with E-state index in [-0.39, 0.29) is 11.6 Å². The highest BCUT2D eigenvalue weighted by atomic mass is 35.5. The predicted octanol–water partition coefficient (Wildman–Crippen LogP) is 2.08. The van der Waals surface area contributed by atoms with Gasteiger partial charge in [0.1, 0.15) is 17.4 Å². The lowest BCUT2D eigenvalue weighted by molar-refractivity contribution is 0.0344. The van der Waals surface area contributed by atoms with Crippen LogP contribution in [0.4, 0.5) is 9.18 Å². The Hall–Kier alpha value is -2.16. The summed E-state index contributed by atoms with van der Waals surface area (Å²) >= 11 is 6.34. The van der Waals surface area contributed by atoms with Crippen LogP contribution in [-0.4, -0.2) is 54.9 Å². The lowest BCUT2D eigenvalue weighted by atomic mass is 10.0. The third kappa shape index (κ3) is 4.40. The van der Waals surface area contributed by atoms with Crippen molar-refractivity contribution in [3.05, 3.63) is 34.7 Å². The number of fused-ring (bicyclic) bond motifs is 1. The first kappa shape index (κ1) is 19.6. The summed E-state index contributed by atoms with van der Waals surface area (Å²) in [5, 5.41) is 1.09. The van der Waals surface area contributed by atoms with E-state index < -0.39 is 18.0 Å². The molecule has 146 valence electrons. The molecule has 0 saturated carbocycles. The molecule has 4 N–H and O–H groups in total. The van der Waals surface area contributed by atoms with Gasteiger partial charge in [0.2, 0.25) is 0 Å². The molecule has 0 aliphatic carbocycles. The average molecular weight is 397 g/mol. The highest BCUT2D eigenvalue weighted by Crippen LogP contribution is 2.30. The number of aromatic nitrogens is 1. The van der Waals surface area contributed by atoms with Gasteiger partial charge in [-0.3, -0.25) is 9.88 Å². The van der Waals surface area contributed by atoms with Gasteiger partial charge in [0, 0.05) is 36.8 Å². The Labute approximate surface area is 161 Å². The molecule has 0 spiro atoms. The maximum absolute atomic E-state index is 14.3. The Morgan fingerprint density at radius 2 is 2.26 bits per heavy atom. The normalized spacial score (nSPS) is 20.6. The van der Waals surface area contributed by atoms with Crippen molar-refractivity contribution in [1.82, 2.24) is 9.88 Å². The Morgan fingerprint density at radius 1 is 1.48 bits per heavy atom. The molecule has 1 aromatic heterocycles. The summed E-state index contributed by atoms with van der Waals surface area (Å²) < 4.78 is 24.5. The minimum Gasteiger partial charge on any atom is -0.497 e. The summed E-state index contributed by atoms with van der Waals surface area (Å²) in [4.78, 5) is 17.3. The molecule has 2 atom stereocenters. The molecule has 1 aliphatic rings. The van der Waals surface area contributed by atoms with E-state index >= 15 is 0 Å². The monoisotopic (exact) mass is 396 g/mol. The number of hydrogen-bond donors (Lipinski definition) is 2. The molecule has 1 saturated heterocycles. The number of halogens is 2. The van der Waals surface area contributed by atoms with Crippen LogP contribution < -0.4 is 16.2 Å². The third-order valence-corrected chi connectivity index (χ3v) is 5.16. The summed E-state index contributed by atoms with van der Waals surface area (Å²) in [6, 6.07) is 2.79. The van der Waals surface area contributed by atoms with Crippen LogP contribution in [0.1, 0.15) is 12.0 Å². The van der Waals surface area contributed by atoms with Gasteiger partial charge in [-0.05, 0) is 31.0 Å². The van der Waals surface area contributed by atoms with Crippen molar-refractivity contribution in [1.29, 1.82) is 0 Å². The van der Waals surface area contributed by atoms with Crippen LogP contribution in [-0.2, 0) is 11.2 Å². The Kier molecular flexibility index (Phi) is 5.98. The summed E-state index contributed by atoms with van der Waals surface area (Å²) in [5.41, 5.74) is 12.2. The van der Waals surface area contributed by atoms with Crippen molar-refractivity contribution in [3.63, 3.8) is 0 Å². The van der Waals surface area contributed by atoms with Gasteiger partial charge in [0.15, 0.2) is 5.82 Å². The highest BCUT2D eigenvalue weighted by molar-refractivity contribution is 6.32. The number of benzene rings is 1. The van der Waals surface area contributed by atoms with Gasteiger partial charge in [-0.15, -0.1) is 0 Å². The number of hydrogen-bond acceptors (Lipinski definition) is 6. The van der Waals surface area contributed by atoms with E-state index in [0.717, 1.165) is 12.1 Å². The van der Waals surface area contributed by atoms with Crippen LogP contribution >= 0.6 is 11.6 Å². The molecule has 3 rings (SSSR count). The number of nitrogens with two attached hydrogens (primary N) is 2. The number of nitrogens with zero attached hydrogens (tertiary/aromatic N) is 2. The zero-order valence-electron chi connectivity index (χ0n) is 15.0. The van der Waals surface area contributed by atoms with Gasteiger partial charge in [0.25, 0.3) is 0 Å². The van der Waals surface area contributed by atoms with E-state index in [1.807, 2.05) is 0 Å². The van der Waals surface area contributed by atoms with Crippen LogP contribution in [0.25, 0.3) is 10.9 Å². The molecule has 1 fully saturated rings. The number of methoxy groups -OCH3 is 1. The molecule has 9 heteroatoms. The molecule has 1 amide bonds. The van der Waals surface area contributed by atoms with E-state index in [4.69, 9.17) is 32.5 Å². The van der Waals surface area contributed by atoms with Gasteiger partial charge in [-0.2, -0.15) is 0 Å². The maximum Gasteiger partial charge on any atom is 0.404 e.